The van der Waals surface area contributed by atoms with Gasteiger partial charge in [0, 0.05) is 19.2 Å². The van der Waals surface area contributed by atoms with Gasteiger partial charge in [0.25, 0.3) is 15.9 Å². The Morgan fingerprint density at radius 2 is 1.59 bits per heavy atom. The van der Waals surface area contributed by atoms with Crippen LogP contribution in [0.1, 0.15) is 23.7 Å². The molecule has 0 aliphatic rings. The fourth-order valence-electron chi connectivity index (χ4n) is 2.57. The van der Waals surface area contributed by atoms with Gasteiger partial charge in [-0.2, -0.15) is 0 Å². The first-order valence-corrected chi connectivity index (χ1v) is 9.86. The number of carbonyl (C=O) groups excluding carboxylic acids is 1. The van der Waals surface area contributed by atoms with Crippen molar-refractivity contribution in [3.63, 3.8) is 0 Å². The zero-order chi connectivity index (χ0) is 20.0. The van der Waals surface area contributed by atoms with Crippen molar-refractivity contribution in [2.75, 3.05) is 24.4 Å². The molecule has 0 radical (unpaired) electrons. The highest BCUT2D eigenvalue weighted by Gasteiger charge is 2.23. The zero-order valence-electron chi connectivity index (χ0n) is 15.2. The van der Waals surface area contributed by atoms with Crippen molar-refractivity contribution in [3.8, 4) is 0 Å². The second-order valence-electron chi connectivity index (χ2n) is 5.95. The molecular weight excluding hydrogens is 368 g/mol. The molecule has 0 spiro atoms. The van der Waals surface area contributed by atoms with Gasteiger partial charge in [-0.1, -0.05) is 25.1 Å². The minimum Gasteiger partial charge on any atom is -0.480 e. The van der Waals surface area contributed by atoms with Gasteiger partial charge in [0.05, 0.1) is 10.6 Å². The van der Waals surface area contributed by atoms with E-state index in [9.17, 15) is 18.0 Å². The van der Waals surface area contributed by atoms with Gasteiger partial charge in [0.2, 0.25) is 0 Å². The van der Waals surface area contributed by atoms with Crippen molar-refractivity contribution in [2.45, 2.75) is 18.2 Å². The maximum atomic E-state index is 12.7. The number of amides is 1. The number of hydrogen-bond donors (Lipinski definition) is 1. The molecule has 144 valence electrons. The summed E-state index contributed by atoms with van der Waals surface area (Å²) in [6.45, 7) is 1.75. The lowest BCUT2D eigenvalue weighted by atomic mass is 10.2. The van der Waals surface area contributed by atoms with E-state index < -0.39 is 28.4 Å². The van der Waals surface area contributed by atoms with E-state index in [1.165, 1.54) is 36.2 Å². The molecule has 27 heavy (non-hydrogen) atoms. The van der Waals surface area contributed by atoms with Gasteiger partial charge in [0.1, 0.15) is 6.54 Å². The van der Waals surface area contributed by atoms with Crippen LogP contribution < -0.4 is 4.31 Å². The highest BCUT2D eigenvalue weighted by atomic mass is 32.2. The van der Waals surface area contributed by atoms with Crippen LogP contribution in [-0.2, 0) is 14.8 Å². The Labute approximate surface area is 158 Å². The summed E-state index contributed by atoms with van der Waals surface area (Å²) in [5.74, 6) is -1.54. The number of aliphatic carboxylic acids is 1. The van der Waals surface area contributed by atoms with Gasteiger partial charge >= 0.3 is 5.97 Å². The lowest BCUT2D eigenvalue weighted by Crippen LogP contribution is -2.36. The van der Waals surface area contributed by atoms with E-state index in [0.29, 0.717) is 18.7 Å². The molecule has 0 aromatic heterocycles. The first-order chi connectivity index (χ1) is 12.8. The summed E-state index contributed by atoms with van der Waals surface area (Å²) in [4.78, 5) is 24.7. The summed E-state index contributed by atoms with van der Waals surface area (Å²) in [6, 6.07) is 14.2. The smallest absolute Gasteiger partial charge is 0.323 e. The Morgan fingerprint density at radius 3 is 2.11 bits per heavy atom. The standard InChI is InChI=1S/C19H22N2O5S/c1-3-13-21(14-18(22)23)19(24)15-9-11-17(12-10-15)27(25,26)20(2)16-7-5-4-6-8-16/h4-12H,3,13-14H2,1-2H3,(H,22,23). The molecule has 8 heteroatoms. The van der Waals surface area contributed by atoms with Crippen molar-refractivity contribution >= 4 is 27.6 Å². The molecule has 0 heterocycles. The Kier molecular flexibility index (Phi) is 6.57. The molecule has 0 bridgehead atoms. The Morgan fingerprint density at radius 1 is 1.00 bits per heavy atom. The first kappa shape index (κ1) is 20.4. The SMILES string of the molecule is CCCN(CC(=O)O)C(=O)c1ccc(S(=O)(=O)N(C)c2ccccc2)cc1. The Bertz CT molecular complexity index is 895. The van der Waals surface area contributed by atoms with Crippen molar-refractivity contribution in [1.29, 1.82) is 0 Å². The Hall–Kier alpha value is -2.87. The van der Waals surface area contributed by atoms with Gasteiger partial charge < -0.3 is 10.0 Å². The van der Waals surface area contributed by atoms with Crippen LogP contribution in [0.4, 0.5) is 5.69 Å². The molecule has 0 saturated heterocycles. The summed E-state index contributed by atoms with van der Waals surface area (Å²) in [5.41, 5.74) is 0.763. The van der Waals surface area contributed by atoms with Gasteiger partial charge in [0.15, 0.2) is 0 Å². The number of para-hydroxylation sites is 1. The topological polar surface area (TPSA) is 95.0 Å². The number of benzene rings is 2. The predicted molar refractivity (Wildman–Crippen MR) is 102 cm³/mol. The minimum atomic E-state index is -3.77. The van der Waals surface area contributed by atoms with Crippen molar-refractivity contribution in [2.24, 2.45) is 0 Å². The molecule has 0 saturated carbocycles. The second kappa shape index (κ2) is 8.68. The maximum absolute atomic E-state index is 12.7. The molecule has 0 aliphatic carbocycles. The third-order valence-electron chi connectivity index (χ3n) is 3.99. The highest BCUT2D eigenvalue weighted by molar-refractivity contribution is 7.92. The first-order valence-electron chi connectivity index (χ1n) is 8.42. The van der Waals surface area contributed by atoms with Crippen LogP contribution in [0.15, 0.2) is 59.5 Å². The van der Waals surface area contributed by atoms with Crippen LogP contribution in [0.3, 0.4) is 0 Å². The van der Waals surface area contributed by atoms with E-state index in [4.69, 9.17) is 5.11 Å². The fraction of sp³-hybridized carbons (Fsp3) is 0.263. The van der Waals surface area contributed by atoms with Crippen molar-refractivity contribution in [3.05, 3.63) is 60.2 Å². The molecule has 7 nitrogen and oxygen atoms in total. The number of nitrogens with zero attached hydrogens (tertiary/aromatic N) is 2. The number of anilines is 1. The van der Waals surface area contributed by atoms with Crippen LogP contribution in [0.25, 0.3) is 0 Å². The van der Waals surface area contributed by atoms with Gasteiger partial charge in [-0.15, -0.1) is 0 Å². The lowest BCUT2D eigenvalue weighted by molar-refractivity contribution is -0.137. The summed E-state index contributed by atoms with van der Waals surface area (Å²) in [5, 5.41) is 8.95. The van der Waals surface area contributed by atoms with E-state index in [-0.39, 0.29) is 10.5 Å². The summed E-state index contributed by atoms with van der Waals surface area (Å²) >= 11 is 0. The zero-order valence-corrected chi connectivity index (χ0v) is 16.0. The monoisotopic (exact) mass is 390 g/mol. The maximum Gasteiger partial charge on any atom is 0.323 e. The van der Waals surface area contributed by atoms with Crippen molar-refractivity contribution in [1.82, 2.24) is 4.90 Å². The normalized spacial score (nSPS) is 11.0. The molecule has 0 atom stereocenters. The van der Waals surface area contributed by atoms with Crippen LogP contribution in [0, 0.1) is 0 Å². The largest absolute Gasteiger partial charge is 0.480 e. The fourth-order valence-corrected chi connectivity index (χ4v) is 3.77. The number of carboxylic acids is 1. The average molecular weight is 390 g/mol. The van der Waals surface area contributed by atoms with E-state index >= 15 is 0 Å². The molecular formula is C19H22N2O5S. The number of hydrogen-bond acceptors (Lipinski definition) is 4. The van der Waals surface area contributed by atoms with E-state index in [1.807, 2.05) is 6.92 Å². The summed E-state index contributed by atoms with van der Waals surface area (Å²) in [7, 11) is -2.31. The number of carbonyl (C=O) groups is 2. The summed E-state index contributed by atoms with van der Waals surface area (Å²) < 4.78 is 26.7. The molecule has 2 rings (SSSR count). The number of carboxylic acid groups (broad SMARTS) is 1. The second-order valence-corrected chi connectivity index (χ2v) is 7.92. The van der Waals surface area contributed by atoms with Gasteiger partial charge in [-0.05, 0) is 42.8 Å². The molecule has 0 unspecified atom stereocenters. The molecule has 0 fully saturated rings. The molecule has 0 aliphatic heterocycles. The van der Waals surface area contributed by atoms with E-state index in [1.54, 1.807) is 30.3 Å². The Balaban J connectivity index is 2.25. The third kappa shape index (κ3) is 4.85. The van der Waals surface area contributed by atoms with Crippen LogP contribution in [-0.4, -0.2) is 50.4 Å². The van der Waals surface area contributed by atoms with Crippen molar-refractivity contribution < 1.29 is 23.1 Å². The molecule has 1 amide bonds. The molecule has 1 N–H and O–H groups in total. The van der Waals surface area contributed by atoms with Crippen LogP contribution >= 0.6 is 0 Å². The molecule has 2 aromatic carbocycles. The van der Waals surface area contributed by atoms with E-state index in [2.05, 4.69) is 0 Å². The molecule has 2 aromatic rings. The highest BCUT2D eigenvalue weighted by Crippen LogP contribution is 2.22. The minimum absolute atomic E-state index is 0.0469. The van der Waals surface area contributed by atoms with Crippen LogP contribution in [0.5, 0.6) is 0 Å². The number of rotatable bonds is 8. The summed E-state index contributed by atoms with van der Waals surface area (Å²) in [6.07, 6.45) is 0.618. The van der Waals surface area contributed by atoms with Crippen LogP contribution in [0.2, 0.25) is 0 Å². The van der Waals surface area contributed by atoms with E-state index in [0.717, 1.165) is 4.31 Å². The lowest BCUT2D eigenvalue weighted by Gasteiger charge is -2.21. The third-order valence-corrected chi connectivity index (χ3v) is 5.79. The average Bonchev–Trinajstić information content (AvgIpc) is 2.67. The van der Waals surface area contributed by atoms with Gasteiger partial charge in [-0.25, -0.2) is 8.42 Å². The quantitative estimate of drug-likeness (QED) is 0.747. The van der Waals surface area contributed by atoms with Gasteiger partial charge in [-0.3, -0.25) is 13.9 Å². The number of sulfonamides is 1. The predicted octanol–water partition coefficient (Wildman–Crippen LogP) is 2.45.